The highest BCUT2D eigenvalue weighted by molar-refractivity contribution is 5.74. The summed E-state index contributed by atoms with van der Waals surface area (Å²) in [5.41, 5.74) is 0.837. The van der Waals surface area contributed by atoms with Crippen molar-refractivity contribution in [2.75, 3.05) is 44.1 Å². The number of benzene rings is 1. The Labute approximate surface area is 177 Å². The van der Waals surface area contributed by atoms with E-state index in [1.807, 2.05) is 4.90 Å². The van der Waals surface area contributed by atoms with Crippen molar-refractivity contribution in [2.45, 2.75) is 19.2 Å². The molecule has 1 saturated heterocycles. The highest BCUT2D eigenvalue weighted by atomic mass is 19.4. The summed E-state index contributed by atoms with van der Waals surface area (Å²) in [4.78, 5) is 22.4. The molecule has 1 atom stereocenters. The standard InChI is InChI=1S/C20H23F3N4O4/c1-29-18(28)14-8-10-27(12-14)17-11-16(25-19(26-17)30-2)24-9-7-13-3-5-15(6-4-13)31-20(21,22)23/h3-6,11,14H,7-10,12H2,1-2H3,(H,24,25,26). The normalized spacial score (nSPS) is 16.2. The average molecular weight is 440 g/mol. The van der Waals surface area contributed by atoms with Gasteiger partial charge in [-0.25, -0.2) is 0 Å². The summed E-state index contributed by atoms with van der Waals surface area (Å²) in [6, 6.07) is 7.66. The molecule has 2 heterocycles. The summed E-state index contributed by atoms with van der Waals surface area (Å²) >= 11 is 0. The number of nitrogens with zero attached hydrogens (tertiary/aromatic N) is 3. The minimum Gasteiger partial charge on any atom is -0.469 e. The third-order valence-electron chi connectivity index (χ3n) is 4.80. The van der Waals surface area contributed by atoms with Crippen molar-refractivity contribution in [2.24, 2.45) is 5.92 Å². The molecule has 8 nitrogen and oxygen atoms in total. The van der Waals surface area contributed by atoms with Crippen molar-refractivity contribution in [3.8, 4) is 11.8 Å². The van der Waals surface area contributed by atoms with Gasteiger partial charge < -0.3 is 24.4 Å². The number of halogens is 3. The molecule has 1 fully saturated rings. The van der Waals surface area contributed by atoms with Gasteiger partial charge in [-0.15, -0.1) is 13.2 Å². The van der Waals surface area contributed by atoms with Crippen molar-refractivity contribution in [3.05, 3.63) is 35.9 Å². The van der Waals surface area contributed by atoms with Gasteiger partial charge in [-0.1, -0.05) is 12.1 Å². The van der Waals surface area contributed by atoms with E-state index >= 15 is 0 Å². The number of methoxy groups -OCH3 is 2. The number of hydrogen-bond acceptors (Lipinski definition) is 8. The Balaban J connectivity index is 1.59. The van der Waals surface area contributed by atoms with Gasteiger partial charge in [-0.05, 0) is 30.5 Å². The van der Waals surface area contributed by atoms with E-state index in [0.29, 0.717) is 44.1 Å². The number of anilines is 2. The number of carbonyl (C=O) groups is 1. The fraction of sp³-hybridized carbons (Fsp3) is 0.450. The van der Waals surface area contributed by atoms with E-state index in [9.17, 15) is 18.0 Å². The van der Waals surface area contributed by atoms with E-state index in [4.69, 9.17) is 9.47 Å². The Bertz CT molecular complexity index is 893. The van der Waals surface area contributed by atoms with E-state index in [1.165, 1.54) is 26.4 Å². The lowest BCUT2D eigenvalue weighted by Gasteiger charge is -2.18. The number of alkyl halides is 3. The summed E-state index contributed by atoms with van der Waals surface area (Å²) < 4.78 is 50.6. The highest BCUT2D eigenvalue weighted by Gasteiger charge is 2.31. The van der Waals surface area contributed by atoms with Gasteiger partial charge in [0.05, 0.1) is 20.1 Å². The Morgan fingerprint density at radius 3 is 2.61 bits per heavy atom. The zero-order valence-electron chi connectivity index (χ0n) is 17.1. The number of carbonyl (C=O) groups excluding carboxylic acids is 1. The van der Waals surface area contributed by atoms with Crippen LogP contribution in [0.2, 0.25) is 0 Å². The SMILES string of the molecule is COC(=O)C1CCN(c2cc(NCCc3ccc(OC(F)(F)F)cc3)nc(OC)n2)C1. The number of nitrogens with one attached hydrogen (secondary N) is 1. The third-order valence-corrected chi connectivity index (χ3v) is 4.80. The second-order valence-electron chi connectivity index (χ2n) is 6.92. The smallest absolute Gasteiger partial charge is 0.469 e. The molecule has 0 spiro atoms. The van der Waals surface area contributed by atoms with Crippen LogP contribution in [-0.4, -0.2) is 56.2 Å². The highest BCUT2D eigenvalue weighted by Crippen LogP contribution is 2.26. The van der Waals surface area contributed by atoms with Gasteiger partial charge in [0, 0.05) is 25.7 Å². The van der Waals surface area contributed by atoms with E-state index in [2.05, 4.69) is 20.0 Å². The van der Waals surface area contributed by atoms with Gasteiger partial charge >= 0.3 is 18.3 Å². The van der Waals surface area contributed by atoms with Crippen molar-refractivity contribution in [1.29, 1.82) is 0 Å². The fourth-order valence-corrected chi connectivity index (χ4v) is 3.28. The summed E-state index contributed by atoms with van der Waals surface area (Å²) in [6.45, 7) is 1.65. The molecule has 3 rings (SSSR count). The Hall–Kier alpha value is -3.24. The van der Waals surface area contributed by atoms with Crippen LogP contribution in [0.15, 0.2) is 30.3 Å². The maximum absolute atomic E-state index is 12.2. The predicted octanol–water partition coefficient (Wildman–Crippen LogP) is 3.04. The lowest BCUT2D eigenvalue weighted by molar-refractivity contribution is -0.274. The molecule has 1 aliphatic heterocycles. The van der Waals surface area contributed by atoms with Crippen LogP contribution in [0.3, 0.4) is 0 Å². The molecular formula is C20H23F3N4O4. The van der Waals surface area contributed by atoms with Crippen molar-refractivity contribution >= 4 is 17.6 Å². The largest absolute Gasteiger partial charge is 0.573 e. The van der Waals surface area contributed by atoms with E-state index in [1.54, 1.807) is 18.2 Å². The molecule has 168 valence electrons. The quantitative estimate of drug-likeness (QED) is 0.627. The number of ether oxygens (including phenoxy) is 3. The summed E-state index contributed by atoms with van der Waals surface area (Å²) in [5, 5.41) is 3.17. The van der Waals surface area contributed by atoms with Crippen LogP contribution in [0.1, 0.15) is 12.0 Å². The molecule has 31 heavy (non-hydrogen) atoms. The lowest BCUT2D eigenvalue weighted by Crippen LogP contribution is -2.24. The third kappa shape index (κ3) is 6.37. The minimum absolute atomic E-state index is 0.190. The van der Waals surface area contributed by atoms with Gasteiger partial charge in [0.25, 0.3) is 0 Å². The van der Waals surface area contributed by atoms with E-state index in [-0.39, 0.29) is 23.6 Å². The van der Waals surface area contributed by atoms with Crippen LogP contribution in [0.25, 0.3) is 0 Å². The molecule has 11 heteroatoms. The summed E-state index contributed by atoms with van der Waals surface area (Å²) in [5.74, 6) is 0.472. The van der Waals surface area contributed by atoms with Gasteiger partial charge in [-0.2, -0.15) is 9.97 Å². The van der Waals surface area contributed by atoms with Crippen molar-refractivity contribution in [3.63, 3.8) is 0 Å². The molecule has 0 bridgehead atoms. The average Bonchev–Trinajstić information content (AvgIpc) is 3.23. The monoisotopic (exact) mass is 440 g/mol. The topological polar surface area (TPSA) is 85.8 Å². The molecule has 0 aliphatic carbocycles. The van der Waals surface area contributed by atoms with Gasteiger partial charge in [0.1, 0.15) is 17.4 Å². The van der Waals surface area contributed by atoms with Gasteiger partial charge in [0.15, 0.2) is 0 Å². The number of hydrogen-bond donors (Lipinski definition) is 1. The second-order valence-corrected chi connectivity index (χ2v) is 6.92. The Kier molecular flexibility index (Phi) is 7.03. The maximum atomic E-state index is 12.2. The summed E-state index contributed by atoms with van der Waals surface area (Å²) in [6.07, 6.45) is -3.48. The molecule has 1 N–H and O–H groups in total. The molecule has 2 aromatic rings. The molecule has 1 aliphatic rings. The first kappa shape index (κ1) is 22.4. The zero-order chi connectivity index (χ0) is 22.4. The van der Waals surface area contributed by atoms with Crippen LogP contribution in [0.4, 0.5) is 24.8 Å². The molecular weight excluding hydrogens is 417 g/mol. The van der Waals surface area contributed by atoms with Crippen molar-refractivity contribution in [1.82, 2.24) is 9.97 Å². The predicted molar refractivity (Wildman–Crippen MR) is 106 cm³/mol. The van der Waals surface area contributed by atoms with Crippen LogP contribution < -0.4 is 19.7 Å². The Morgan fingerprint density at radius 1 is 1.23 bits per heavy atom. The first-order valence-corrected chi connectivity index (χ1v) is 9.62. The van der Waals surface area contributed by atoms with E-state index in [0.717, 1.165) is 5.56 Å². The zero-order valence-corrected chi connectivity index (χ0v) is 17.1. The van der Waals surface area contributed by atoms with Crippen molar-refractivity contribution < 1.29 is 32.2 Å². The number of rotatable bonds is 8. The van der Waals surface area contributed by atoms with Crippen LogP contribution >= 0.6 is 0 Å². The van der Waals surface area contributed by atoms with Gasteiger partial charge in [-0.3, -0.25) is 4.79 Å². The first-order chi connectivity index (χ1) is 14.8. The molecule has 1 unspecified atom stereocenters. The number of aromatic nitrogens is 2. The lowest BCUT2D eigenvalue weighted by atomic mass is 10.1. The molecule has 0 amide bonds. The molecule has 0 radical (unpaired) electrons. The minimum atomic E-state index is -4.71. The van der Waals surface area contributed by atoms with Gasteiger partial charge in [0.2, 0.25) is 0 Å². The molecule has 0 saturated carbocycles. The molecule has 1 aromatic carbocycles. The Morgan fingerprint density at radius 2 is 1.97 bits per heavy atom. The maximum Gasteiger partial charge on any atom is 0.573 e. The van der Waals surface area contributed by atoms with E-state index < -0.39 is 6.36 Å². The van der Waals surface area contributed by atoms with Crippen LogP contribution in [0, 0.1) is 5.92 Å². The number of esters is 1. The second kappa shape index (κ2) is 9.71. The van der Waals surface area contributed by atoms with Crippen LogP contribution in [-0.2, 0) is 16.0 Å². The summed E-state index contributed by atoms with van der Waals surface area (Å²) in [7, 11) is 2.84. The van der Waals surface area contributed by atoms with Crippen LogP contribution in [0.5, 0.6) is 11.8 Å². The first-order valence-electron chi connectivity index (χ1n) is 9.62. The molecule has 1 aromatic heterocycles. The fourth-order valence-electron chi connectivity index (χ4n) is 3.28.